The van der Waals surface area contributed by atoms with Gasteiger partial charge in [-0.1, -0.05) is 12.1 Å². The molecule has 0 radical (unpaired) electrons. The van der Waals surface area contributed by atoms with Crippen LogP contribution >= 0.6 is 15.9 Å². The molecule has 2 fully saturated rings. The number of ether oxygens (including phenoxy) is 1. The number of sulfonamides is 1. The fraction of sp³-hybridized carbons (Fsp3) is 0.405. The fourth-order valence-electron chi connectivity index (χ4n) is 6.86. The van der Waals surface area contributed by atoms with Gasteiger partial charge in [-0.05, 0) is 66.3 Å². The van der Waals surface area contributed by atoms with Crippen LogP contribution in [0.25, 0.3) is 0 Å². The highest BCUT2D eigenvalue weighted by Gasteiger charge is 2.46. The number of carbonyl (C=O) groups is 6. The first-order chi connectivity index (χ1) is 29.1. The maximum Gasteiger partial charge on any atom is 0.453 e. The molecule has 324 valence electrons. The molecule has 6 rings (SSSR count). The first kappa shape index (κ1) is 45.0. The van der Waals surface area contributed by atoms with Crippen LogP contribution in [0.3, 0.4) is 0 Å². The molecule has 0 aliphatic carbocycles. The van der Waals surface area contributed by atoms with Gasteiger partial charge in [0.2, 0.25) is 33.7 Å². The molecule has 24 heteroatoms. The Morgan fingerprint density at radius 2 is 1.77 bits per heavy atom. The molecular formula is C37H42BBrFN9O11S. The van der Waals surface area contributed by atoms with Gasteiger partial charge in [0.1, 0.15) is 30.0 Å². The van der Waals surface area contributed by atoms with Crippen molar-refractivity contribution >= 4 is 86.0 Å². The molecule has 3 aliphatic rings. The lowest BCUT2D eigenvalue weighted by atomic mass is 9.95. The molecule has 0 spiro atoms. The number of piperidine rings is 2. The molecule has 0 saturated carbocycles. The summed E-state index contributed by atoms with van der Waals surface area (Å²) in [6, 6.07) is 7.29. The zero-order valence-electron chi connectivity index (χ0n) is 32.8. The Kier molecular flexibility index (Phi) is 14.7. The van der Waals surface area contributed by atoms with Crippen LogP contribution in [0.1, 0.15) is 63.2 Å². The number of amides is 6. The van der Waals surface area contributed by atoms with E-state index in [-0.39, 0.29) is 110 Å². The van der Waals surface area contributed by atoms with Crippen LogP contribution in [-0.2, 0) is 33.7 Å². The lowest BCUT2D eigenvalue weighted by molar-refractivity contribution is -0.136. The van der Waals surface area contributed by atoms with E-state index in [4.69, 9.17) is 19.8 Å². The van der Waals surface area contributed by atoms with Crippen molar-refractivity contribution in [3.05, 3.63) is 69.6 Å². The minimum Gasteiger partial charge on any atom is -0.490 e. The predicted molar refractivity (Wildman–Crippen MR) is 220 cm³/mol. The van der Waals surface area contributed by atoms with Crippen LogP contribution in [0.5, 0.6) is 5.75 Å². The SMILES string of the molecule is CB(OCCOc1cccc2c1C(=O)N(C1CCC(=O)NC1=O)C2=O)OCCC(=O)NCCS(=O)(=O)N1CCC(Nc2ncc(Br)c(Nc3cccc(F)c3C(N)=O)n2)CC1. The lowest BCUT2D eigenvalue weighted by Gasteiger charge is -2.31. The minimum atomic E-state index is -3.68. The van der Waals surface area contributed by atoms with Crippen molar-refractivity contribution < 1.29 is 55.6 Å². The second-order valence-electron chi connectivity index (χ2n) is 14.1. The molecule has 2 saturated heterocycles. The van der Waals surface area contributed by atoms with Crippen molar-refractivity contribution in [2.24, 2.45) is 5.73 Å². The number of carbonyl (C=O) groups excluding carboxylic acids is 6. The zero-order valence-corrected chi connectivity index (χ0v) is 35.2. The molecule has 1 atom stereocenters. The third-order valence-electron chi connectivity index (χ3n) is 9.92. The second-order valence-corrected chi connectivity index (χ2v) is 17.0. The molecule has 3 aromatic rings. The highest BCUT2D eigenvalue weighted by molar-refractivity contribution is 9.10. The van der Waals surface area contributed by atoms with E-state index in [1.54, 1.807) is 12.9 Å². The van der Waals surface area contributed by atoms with Crippen LogP contribution in [0.15, 0.2) is 47.1 Å². The van der Waals surface area contributed by atoms with Gasteiger partial charge in [-0.15, -0.1) is 0 Å². The molecule has 4 heterocycles. The van der Waals surface area contributed by atoms with Gasteiger partial charge in [0.15, 0.2) is 0 Å². The Labute approximate surface area is 358 Å². The average molecular weight is 931 g/mol. The summed E-state index contributed by atoms with van der Waals surface area (Å²) in [5.74, 6) is -4.35. The summed E-state index contributed by atoms with van der Waals surface area (Å²) in [5, 5.41) is 10.8. The maximum atomic E-state index is 14.2. The van der Waals surface area contributed by atoms with Gasteiger partial charge in [0.05, 0.1) is 39.2 Å². The number of rotatable bonds is 19. The van der Waals surface area contributed by atoms with Crippen molar-refractivity contribution in [1.82, 2.24) is 29.8 Å². The van der Waals surface area contributed by atoms with Gasteiger partial charge in [0, 0.05) is 51.3 Å². The van der Waals surface area contributed by atoms with Gasteiger partial charge in [-0.2, -0.15) is 4.98 Å². The maximum absolute atomic E-state index is 14.2. The number of imide groups is 2. The van der Waals surface area contributed by atoms with E-state index < -0.39 is 64.4 Å². The van der Waals surface area contributed by atoms with E-state index in [0.717, 1.165) is 11.0 Å². The number of nitrogens with zero attached hydrogens (tertiary/aromatic N) is 4. The minimum absolute atomic E-state index is 0.00164. The van der Waals surface area contributed by atoms with Gasteiger partial charge >= 0.3 is 7.12 Å². The van der Waals surface area contributed by atoms with E-state index in [2.05, 4.69) is 47.2 Å². The molecule has 0 bridgehead atoms. The summed E-state index contributed by atoms with van der Waals surface area (Å²) >= 11 is 3.34. The standard InChI is InChI=1S/C37H42BBrFN9O11S/c1-38(60-18-17-58-27-7-2-4-22-30(27)36(55)49(35(22)54)26-8-9-29(51)46-34(26)53)59-16-12-28(50)42-13-19-61(56,57)48-14-10-21(11-15-48)44-37-43-20-23(39)33(47-37)45-25-6-3-5-24(40)31(25)32(41)52/h2-7,20-21,26H,8-19H2,1H3,(H2,41,52)(H,42,50)(H,46,51,53)(H2,43,44,45,47). The van der Waals surface area contributed by atoms with Gasteiger partial charge in [-0.25, -0.2) is 22.1 Å². The van der Waals surface area contributed by atoms with Gasteiger partial charge in [0.25, 0.3) is 17.7 Å². The van der Waals surface area contributed by atoms with E-state index in [1.807, 2.05) is 0 Å². The molecular weight excluding hydrogens is 888 g/mol. The van der Waals surface area contributed by atoms with E-state index in [9.17, 15) is 41.6 Å². The number of hydrogen-bond acceptors (Lipinski definition) is 15. The molecule has 3 aliphatic heterocycles. The van der Waals surface area contributed by atoms with Crippen LogP contribution in [0.4, 0.5) is 21.8 Å². The Morgan fingerprint density at radius 3 is 2.51 bits per heavy atom. The van der Waals surface area contributed by atoms with Crippen LogP contribution < -0.4 is 31.7 Å². The summed E-state index contributed by atoms with van der Waals surface area (Å²) < 4.78 is 59.0. The number of benzene rings is 2. The van der Waals surface area contributed by atoms with Crippen LogP contribution in [0.2, 0.25) is 6.82 Å². The molecule has 6 N–H and O–H groups in total. The summed E-state index contributed by atoms with van der Waals surface area (Å²) in [5.41, 5.74) is 5.26. The molecule has 6 amide bonds. The van der Waals surface area contributed by atoms with Crippen molar-refractivity contribution in [2.45, 2.75) is 51.0 Å². The van der Waals surface area contributed by atoms with E-state index in [0.29, 0.717) is 17.3 Å². The number of fused-ring (bicyclic) bond motifs is 1. The summed E-state index contributed by atoms with van der Waals surface area (Å²) in [6.07, 6.45) is 2.36. The van der Waals surface area contributed by atoms with Gasteiger partial charge in [-0.3, -0.25) is 39.0 Å². The molecule has 1 unspecified atom stereocenters. The first-order valence-electron chi connectivity index (χ1n) is 19.2. The van der Waals surface area contributed by atoms with Crippen molar-refractivity contribution in [2.75, 3.05) is 55.8 Å². The van der Waals surface area contributed by atoms with E-state index in [1.165, 1.54) is 34.8 Å². The van der Waals surface area contributed by atoms with Crippen molar-refractivity contribution in [1.29, 1.82) is 0 Å². The zero-order chi connectivity index (χ0) is 43.8. The summed E-state index contributed by atoms with van der Waals surface area (Å²) in [4.78, 5) is 83.9. The Hall–Kier alpha value is -5.56. The molecule has 2 aromatic carbocycles. The number of anilines is 3. The van der Waals surface area contributed by atoms with Crippen molar-refractivity contribution in [3.8, 4) is 5.75 Å². The second kappa shape index (κ2) is 19.9. The third-order valence-corrected chi connectivity index (χ3v) is 12.4. The number of hydrogen-bond donors (Lipinski definition) is 5. The average Bonchev–Trinajstić information content (AvgIpc) is 3.46. The first-order valence-corrected chi connectivity index (χ1v) is 21.6. The number of primary amides is 1. The number of nitrogens with one attached hydrogen (secondary N) is 4. The largest absolute Gasteiger partial charge is 0.490 e. The molecule has 1 aromatic heterocycles. The number of aromatic nitrogens is 2. The highest BCUT2D eigenvalue weighted by Crippen LogP contribution is 2.34. The number of halogens is 2. The monoisotopic (exact) mass is 929 g/mol. The summed E-state index contributed by atoms with van der Waals surface area (Å²) in [7, 11) is -4.42. The van der Waals surface area contributed by atoms with Crippen molar-refractivity contribution in [3.63, 3.8) is 0 Å². The summed E-state index contributed by atoms with van der Waals surface area (Å²) in [6.45, 7) is 1.96. The molecule has 61 heavy (non-hydrogen) atoms. The lowest BCUT2D eigenvalue weighted by Crippen LogP contribution is -2.54. The predicted octanol–water partition coefficient (Wildman–Crippen LogP) is 1.56. The van der Waals surface area contributed by atoms with Crippen LogP contribution in [0, 0.1) is 5.82 Å². The Morgan fingerprint density at radius 1 is 1.03 bits per heavy atom. The number of nitrogens with two attached hydrogens (primary N) is 1. The highest BCUT2D eigenvalue weighted by atomic mass is 79.9. The fourth-order valence-corrected chi connectivity index (χ4v) is 8.54. The third kappa shape index (κ3) is 11.0. The topological polar surface area (TPSA) is 271 Å². The quantitative estimate of drug-likeness (QED) is 0.0649. The Balaban J connectivity index is 0.857. The van der Waals surface area contributed by atoms with Gasteiger partial charge < -0.3 is 35.7 Å². The smallest absolute Gasteiger partial charge is 0.453 e. The normalized spacial score (nSPS) is 17.2. The van der Waals surface area contributed by atoms with Crippen LogP contribution in [-0.4, -0.2) is 127 Å². The van der Waals surface area contributed by atoms with E-state index >= 15 is 0 Å². The Bertz CT molecular complexity index is 2320. The molecule has 20 nitrogen and oxygen atoms in total.